The number of nitrogens with zero attached hydrogens (tertiary/aromatic N) is 3. The van der Waals surface area contributed by atoms with E-state index in [-0.39, 0.29) is 5.69 Å². The maximum absolute atomic E-state index is 11.9. The van der Waals surface area contributed by atoms with E-state index >= 15 is 0 Å². The number of imidazole rings is 1. The molecule has 0 bridgehead atoms. The minimum Gasteiger partial charge on any atom is -0.382 e. The second-order valence-corrected chi connectivity index (χ2v) is 4.63. The van der Waals surface area contributed by atoms with Crippen LogP contribution in [0.3, 0.4) is 0 Å². The molecule has 0 spiro atoms. The number of aryl methyl sites for hydroxylation is 2. The molecular formula is C14H15N5O. The van der Waals surface area contributed by atoms with Gasteiger partial charge >= 0.3 is 5.69 Å². The van der Waals surface area contributed by atoms with E-state index in [4.69, 9.17) is 5.73 Å². The molecule has 0 radical (unpaired) electrons. The summed E-state index contributed by atoms with van der Waals surface area (Å²) in [5, 5.41) is 0. The molecule has 20 heavy (non-hydrogen) atoms. The lowest BCUT2D eigenvalue weighted by Crippen LogP contribution is -2.17. The number of anilines is 1. The Morgan fingerprint density at radius 3 is 2.80 bits per heavy atom. The molecule has 1 aromatic carbocycles. The van der Waals surface area contributed by atoms with Crippen molar-refractivity contribution in [2.45, 2.75) is 19.4 Å². The predicted molar refractivity (Wildman–Crippen MR) is 77.3 cm³/mol. The molecule has 0 aliphatic rings. The van der Waals surface area contributed by atoms with Gasteiger partial charge in [0.1, 0.15) is 11.8 Å². The summed E-state index contributed by atoms with van der Waals surface area (Å²) in [6, 6.07) is 10.2. The van der Waals surface area contributed by atoms with Crippen molar-refractivity contribution in [3.63, 3.8) is 0 Å². The summed E-state index contributed by atoms with van der Waals surface area (Å²) in [7, 11) is 0. The van der Waals surface area contributed by atoms with E-state index in [1.54, 1.807) is 4.57 Å². The number of aromatic nitrogens is 4. The molecule has 3 rings (SSSR count). The molecule has 0 saturated heterocycles. The van der Waals surface area contributed by atoms with Gasteiger partial charge < -0.3 is 10.7 Å². The zero-order valence-corrected chi connectivity index (χ0v) is 10.9. The number of nitrogen functional groups attached to an aromatic ring is 1. The van der Waals surface area contributed by atoms with Gasteiger partial charge in [-0.2, -0.15) is 0 Å². The summed E-state index contributed by atoms with van der Waals surface area (Å²) < 4.78 is 1.61. The highest BCUT2D eigenvalue weighted by atomic mass is 16.1. The number of nitrogens with two attached hydrogens (primary N) is 1. The lowest BCUT2D eigenvalue weighted by atomic mass is 10.1. The fourth-order valence-electron chi connectivity index (χ4n) is 2.28. The second kappa shape index (κ2) is 5.16. The lowest BCUT2D eigenvalue weighted by molar-refractivity contribution is 0.635. The van der Waals surface area contributed by atoms with Crippen LogP contribution < -0.4 is 11.4 Å². The predicted octanol–water partition coefficient (Wildman–Crippen LogP) is 1.33. The highest BCUT2D eigenvalue weighted by Crippen LogP contribution is 2.12. The zero-order valence-electron chi connectivity index (χ0n) is 10.9. The van der Waals surface area contributed by atoms with Gasteiger partial charge in [0, 0.05) is 6.54 Å². The number of hydrogen-bond acceptors (Lipinski definition) is 4. The number of H-pyrrole nitrogens is 1. The van der Waals surface area contributed by atoms with Crippen LogP contribution in [0.5, 0.6) is 0 Å². The van der Waals surface area contributed by atoms with Gasteiger partial charge in [0.25, 0.3) is 0 Å². The molecule has 0 amide bonds. The van der Waals surface area contributed by atoms with Gasteiger partial charge in [-0.15, -0.1) is 0 Å². The largest absolute Gasteiger partial charge is 0.382 e. The fourth-order valence-corrected chi connectivity index (χ4v) is 2.28. The number of nitrogens with one attached hydrogen (secondary N) is 1. The number of benzene rings is 1. The molecule has 0 aliphatic heterocycles. The maximum atomic E-state index is 11.9. The van der Waals surface area contributed by atoms with E-state index in [0.29, 0.717) is 23.5 Å². The van der Waals surface area contributed by atoms with Crippen molar-refractivity contribution >= 4 is 17.0 Å². The van der Waals surface area contributed by atoms with Crippen LogP contribution in [-0.4, -0.2) is 19.5 Å². The van der Waals surface area contributed by atoms with Crippen molar-refractivity contribution in [2.75, 3.05) is 5.73 Å². The van der Waals surface area contributed by atoms with Crippen LogP contribution >= 0.6 is 0 Å². The van der Waals surface area contributed by atoms with Crippen molar-refractivity contribution in [3.8, 4) is 0 Å². The smallest absolute Gasteiger partial charge is 0.327 e. The Morgan fingerprint density at radius 1 is 1.20 bits per heavy atom. The SMILES string of the molecule is Nc1ncnc2c1[nH]c(=O)n2CCCc1ccccc1. The van der Waals surface area contributed by atoms with Crippen molar-refractivity contribution in [1.82, 2.24) is 19.5 Å². The van der Waals surface area contributed by atoms with Crippen LogP contribution in [0, 0.1) is 0 Å². The maximum Gasteiger partial charge on any atom is 0.327 e. The highest BCUT2D eigenvalue weighted by Gasteiger charge is 2.10. The summed E-state index contributed by atoms with van der Waals surface area (Å²) >= 11 is 0. The Morgan fingerprint density at radius 2 is 2.00 bits per heavy atom. The molecule has 6 nitrogen and oxygen atoms in total. The van der Waals surface area contributed by atoms with Crippen LogP contribution in [0.15, 0.2) is 41.5 Å². The third-order valence-corrected chi connectivity index (χ3v) is 3.28. The molecule has 3 aromatic rings. The van der Waals surface area contributed by atoms with Gasteiger partial charge in [-0.3, -0.25) is 4.57 Å². The second-order valence-electron chi connectivity index (χ2n) is 4.63. The fraction of sp³-hybridized carbons (Fsp3) is 0.214. The summed E-state index contributed by atoms with van der Waals surface area (Å²) in [5.41, 5.74) is 7.86. The summed E-state index contributed by atoms with van der Waals surface area (Å²) in [6.45, 7) is 0.601. The number of hydrogen-bond donors (Lipinski definition) is 2. The molecule has 0 aliphatic carbocycles. The van der Waals surface area contributed by atoms with E-state index in [1.807, 2.05) is 18.2 Å². The van der Waals surface area contributed by atoms with Crippen LogP contribution in [0.4, 0.5) is 5.82 Å². The van der Waals surface area contributed by atoms with Crippen molar-refractivity contribution in [2.24, 2.45) is 0 Å². The molecule has 3 N–H and O–H groups in total. The third kappa shape index (κ3) is 2.27. The van der Waals surface area contributed by atoms with Crippen molar-refractivity contribution in [1.29, 1.82) is 0 Å². The molecule has 102 valence electrons. The van der Waals surface area contributed by atoms with Gasteiger partial charge in [-0.1, -0.05) is 30.3 Å². The first-order chi connectivity index (χ1) is 9.75. The monoisotopic (exact) mass is 269 g/mol. The van der Waals surface area contributed by atoms with Gasteiger partial charge in [-0.05, 0) is 18.4 Å². The van der Waals surface area contributed by atoms with Crippen LogP contribution in [-0.2, 0) is 13.0 Å². The van der Waals surface area contributed by atoms with Gasteiger partial charge in [0.2, 0.25) is 0 Å². The highest BCUT2D eigenvalue weighted by molar-refractivity contribution is 5.80. The minimum atomic E-state index is -0.194. The van der Waals surface area contributed by atoms with E-state index in [1.165, 1.54) is 11.9 Å². The summed E-state index contributed by atoms with van der Waals surface area (Å²) in [4.78, 5) is 22.6. The topological polar surface area (TPSA) is 89.6 Å². The Kier molecular flexibility index (Phi) is 3.20. The quantitative estimate of drug-likeness (QED) is 0.747. The molecule has 0 saturated carbocycles. The lowest BCUT2D eigenvalue weighted by Gasteiger charge is -2.03. The Hall–Kier alpha value is -2.63. The average Bonchev–Trinajstić information content (AvgIpc) is 2.78. The van der Waals surface area contributed by atoms with E-state index < -0.39 is 0 Å². The third-order valence-electron chi connectivity index (χ3n) is 3.28. The minimum absolute atomic E-state index is 0.194. The van der Waals surface area contributed by atoms with E-state index in [2.05, 4.69) is 27.1 Å². The first kappa shape index (κ1) is 12.4. The number of aromatic amines is 1. The molecule has 6 heteroatoms. The Labute approximate surface area is 115 Å². The molecule has 2 aromatic heterocycles. The van der Waals surface area contributed by atoms with E-state index in [9.17, 15) is 4.79 Å². The Bertz CT molecular complexity index is 775. The van der Waals surface area contributed by atoms with Gasteiger partial charge in [-0.25, -0.2) is 14.8 Å². The normalized spacial score (nSPS) is 11.0. The Balaban J connectivity index is 1.80. The summed E-state index contributed by atoms with van der Waals surface area (Å²) in [5.74, 6) is 0.300. The average molecular weight is 269 g/mol. The zero-order chi connectivity index (χ0) is 13.9. The van der Waals surface area contributed by atoms with Crippen LogP contribution in [0.2, 0.25) is 0 Å². The molecule has 0 atom stereocenters. The van der Waals surface area contributed by atoms with Crippen LogP contribution in [0.25, 0.3) is 11.2 Å². The molecule has 0 unspecified atom stereocenters. The molecule has 2 heterocycles. The van der Waals surface area contributed by atoms with Gasteiger partial charge in [0.05, 0.1) is 0 Å². The molecule has 0 fully saturated rings. The van der Waals surface area contributed by atoms with Crippen LogP contribution in [0.1, 0.15) is 12.0 Å². The van der Waals surface area contributed by atoms with E-state index in [0.717, 1.165) is 12.8 Å². The first-order valence-electron chi connectivity index (χ1n) is 6.48. The number of rotatable bonds is 4. The molecular weight excluding hydrogens is 254 g/mol. The van der Waals surface area contributed by atoms with Crippen molar-refractivity contribution in [3.05, 3.63) is 52.7 Å². The first-order valence-corrected chi connectivity index (χ1v) is 6.48. The van der Waals surface area contributed by atoms with Crippen molar-refractivity contribution < 1.29 is 0 Å². The standard InChI is InChI=1S/C14H15N5O/c15-12-11-13(17-9-16-12)19(14(20)18-11)8-4-7-10-5-2-1-3-6-10/h1-3,5-6,9H,4,7-8H2,(H,18,20)(H2,15,16,17). The summed E-state index contributed by atoms with van der Waals surface area (Å²) in [6.07, 6.45) is 3.15. The van der Waals surface area contributed by atoms with Gasteiger partial charge in [0.15, 0.2) is 11.5 Å². The number of fused-ring (bicyclic) bond motifs is 1.